The van der Waals surface area contributed by atoms with Crippen molar-refractivity contribution < 1.29 is 0 Å². The average Bonchev–Trinajstić information content (AvgIpc) is 3.47. The largest absolute Gasteiger partial charge is 0.321 e. The molecule has 9 aromatic rings. The normalized spacial score (nSPS) is 12.4. The van der Waals surface area contributed by atoms with Crippen LogP contribution in [0.25, 0.3) is 44.5 Å². The number of hydrogen-bond donors (Lipinski definition) is 1. The minimum atomic E-state index is -0.309. The number of benzene rings is 9. The van der Waals surface area contributed by atoms with Gasteiger partial charge >= 0.3 is 0 Å². The minimum Gasteiger partial charge on any atom is -0.321 e. The van der Waals surface area contributed by atoms with Gasteiger partial charge < -0.3 is 15.5 Å². The molecule has 0 aliphatic carbocycles. The summed E-state index contributed by atoms with van der Waals surface area (Å²) in [5.74, 6) is 0. The molecule has 0 amide bonds. The van der Waals surface area contributed by atoms with Crippen LogP contribution >= 0.6 is 0 Å². The summed E-state index contributed by atoms with van der Waals surface area (Å²) in [6.07, 6.45) is 1.81. The molecule has 9 rings (SSSR count). The van der Waals surface area contributed by atoms with Gasteiger partial charge in [-0.2, -0.15) is 0 Å². The van der Waals surface area contributed by atoms with E-state index in [9.17, 15) is 0 Å². The van der Waals surface area contributed by atoms with Crippen molar-refractivity contribution in [3.8, 4) is 44.5 Å². The van der Waals surface area contributed by atoms with Gasteiger partial charge in [0.2, 0.25) is 0 Å². The molecule has 0 fully saturated rings. The van der Waals surface area contributed by atoms with E-state index in [1.165, 1.54) is 55.6 Å². The van der Waals surface area contributed by atoms with Crippen molar-refractivity contribution in [2.24, 2.45) is 5.73 Å². The first-order chi connectivity index (χ1) is 36.9. The van der Waals surface area contributed by atoms with Crippen LogP contribution in [0.2, 0.25) is 0 Å². The number of anilines is 6. The minimum absolute atomic E-state index is 0.0401. The number of rotatable bonds is 13. The van der Waals surface area contributed by atoms with E-state index in [1.807, 2.05) is 0 Å². The highest BCUT2D eigenvalue weighted by molar-refractivity contribution is 5.90. The molecular formula is C75H83N3. The van der Waals surface area contributed by atoms with Crippen LogP contribution in [0.5, 0.6) is 0 Å². The molecule has 398 valence electrons. The molecule has 0 saturated carbocycles. The Balaban J connectivity index is 1.11. The van der Waals surface area contributed by atoms with Crippen LogP contribution in [0.1, 0.15) is 138 Å². The fourth-order valence-corrected chi connectivity index (χ4v) is 10.6. The summed E-state index contributed by atoms with van der Waals surface area (Å²) < 4.78 is 0. The van der Waals surface area contributed by atoms with Gasteiger partial charge in [-0.25, -0.2) is 0 Å². The second-order valence-corrected chi connectivity index (χ2v) is 25.7. The predicted molar refractivity (Wildman–Crippen MR) is 339 cm³/mol. The Morgan fingerprint density at radius 2 is 0.474 bits per heavy atom. The van der Waals surface area contributed by atoms with Crippen LogP contribution in [0, 0.1) is 0 Å². The van der Waals surface area contributed by atoms with Crippen molar-refractivity contribution >= 4 is 34.1 Å². The first-order valence-electron chi connectivity index (χ1n) is 28.3. The fourth-order valence-electron chi connectivity index (χ4n) is 10.6. The summed E-state index contributed by atoms with van der Waals surface area (Å²) >= 11 is 0. The number of hydrogen-bond acceptors (Lipinski definition) is 3. The lowest BCUT2D eigenvalue weighted by Crippen LogP contribution is -2.34. The van der Waals surface area contributed by atoms with E-state index in [1.54, 1.807) is 0 Å². The van der Waals surface area contributed by atoms with Gasteiger partial charge in [-0.3, -0.25) is 0 Å². The van der Waals surface area contributed by atoms with Crippen LogP contribution in [-0.4, -0.2) is 0 Å². The zero-order valence-electron chi connectivity index (χ0n) is 49.1. The van der Waals surface area contributed by atoms with Crippen molar-refractivity contribution in [2.45, 2.75) is 137 Å². The molecule has 0 spiro atoms. The van der Waals surface area contributed by atoms with Gasteiger partial charge in [-0.05, 0) is 180 Å². The molecule has 0 saturated heterocycles. The highest BCUT2D eigenvalue weighted by Gasteiger charge is 2.24. The van der Waals surface area contributed by atoms with E-state index in [4.69, 9.17) is 5.73 Å². The molecule has 2 N–H and O–H groups in total. The molecule has 0 aliphatic rings. The third-order valence-electron chi connectivity index (χ3n) is 16.1. The van der Waals surface area contributed by atoms with Crippen molar-refractivity contribution in [1.29, 1.82) is 0 Å². The molecule has 0 aromatic heterocycles. The first kappa shape index (κ1) is 55.3. The van der Waals surface area contributed by atoms with Crippen molar-refractivity contribution in [2.75, 3.05) is 9.80 Å². The molecule has 0 unspecified atom stereocenters. The van der Waals surface area contributed by atoms with Crippen molar-refractivity contribution in [1.82, 2.24) is 0 Å². The summed E-state index contributed by atoms with van der Waals surface area (Å²) in [6.45, 7) is 31.6. The maximum Gasteiger partial charge on any atom is 0.0468 e. The summed E-state index contributed by atoms with van der Waals surface area (Å²) in [5, 5.41) is 0. The van der Waals surface area contributed by atoms with E-state index in [0.717, 1.165) is 63.7 Å². The maximum atomic E-state index is 6.80. The number of nitrogens with zero attached hydrogens (tertiary/aromatic N) is 2. The SMILES string of the molecule is CCC(N)(CC)c1ccc(-c2ccc(-c3ccc(N(c4ccc(C(C)(C)C)cc4)c4ccc(C(C)(C)C)cc4)cc3-c3ccc(-c4ccc(N(c5ccc(C(C)(C)C)cc5)c5ccc(C(C)(C)C)cc5)cc4)cc3)cc2)cc1. The van der Waals surface area contributed by atoms with Crippen molar-refractivity contribution in [3.05, 3.63) is 240 Å². The third kappa shape index (κ3) is 12.0. The van der Waals surface area contributed by atoms with Crippen molar-refractivity contribution in [3.63, 3.8) is 0 Å². The van der Waals surface area contributed by atoms with Crippen LogP contribution in [0.15, 0.2) is 212 Å². The van der Waals surface area contributed by atoms with Gasteiger partial charge in [0, 0.05) is 39.7 Å². The van der Waals surface area contributed by atoms with Gasteiger partial charge in [-0.1, -0.05) is 236 Å². The smallest absolute Gasteiger partial charge is 0.0468 e. The molecule has 0 atom stereocenters. The molecule has 9 aromatic carbocycles. The lowest BCUT2D eigenvalue weighted by Gasteiger charge is -2.29. The molecule has 3 heteroatoms. The van der Waals surface area contributed by atoms with Crippen LogP contribution in [0.3, 0.4) is 0 Å². The highest BCUT2D eigenvalue weighted by Crippen LogP contribution is 2.44. The van der Waals surface area contributed by atoms with E-state index in [-0.39, 0.29) is 27.2 Å². The second kappa shape index (κ2) is 21.8. The Morgan fingerprint density at radius 3 is 0.769 bits per heavy atom. The standard InChI is InChI=1S/C75H83N3/c1-15-75(76,16-2)62-29-25-54(26-30-62)52-17-21-56(22-18-52)69-50-49-68(78(66-45-35-60(36-46-66)73(9,10)11)67-47-37-61(38-48-67)74(12,13)14)51-70(69)57-23-19-53(20-24-57)55-27-39-63(40-28-55)77(64-41-31-58(32-42-64)71(3,4)5)65-43-33-59(34-44-65)72(6,7)8/h17-51H,15-16,76H2,1-14H3. The molecular weight excluding hydrogens is 943 g/mol. The van der Waals surface area contributed by atoms with Gasteiger partial charge in [0.15, 0.2) is 0 Å². The molecule has 3 nitrogen and oxygen atoms in total. The topological polar surface area (TPSA) is 32.5 Å². The summed E-state index contributed by atoms with van der Waals surface area (Å²) in [5.41, 5.74) is 29.2. The predicted octanol–water partition coefficient (Wildman–Crippen LogP) is 21.5. The molecule has 0 bridgehead atoms. The molecule has 78 heavy (non-hydrogen) atoms. The summed E-state index contributed by atoms with van der Waals surface area (Å²) in [7, 11) is 0. The quantitative estimate of drug-likeness (QED) is 0.125. The van der Waals surface area contributed by atoms with E-state index < -0.39 is 0 Å². The Hall–Kier alpha value is -7.46. The Bertz CT molecular complexity index is 3310. The van der Waals surface area contributed by atoms with Gasteiger partial charge in [0.05, 0.1) is 0 Å². The lowest BCUT2D eigenvalue weighted by atomic mass is 9.85. The van der Waals surface area contributed by atoms with E-state index >= 15 is 0 Å². The maximum absolute atomic E-state index is 6.80. The lowest BCUT2D eigenvalue weighted by molar-refractivity contribution is 0.413. The Kier molecular flexibility index (Phi) is 15.4. The van der Waals surface area contributed by atoms with Gasteiger partial charge in [-0.15, -0.1) is 0 Å². The van der Waals surface area contributed by atoms with Gasteiger partial charge in [0.1, 0.15) is 0 Å². The van der Waals surface area contributed by atoms with E-state index in [2.05, 4.69) is 319 Å². The number of nitrogens with two attached hydrogens (primary N) is 1. The Morgan fingerprint density at radius 1 is 0.256 bits per heavy atom. The average molecular weight is 1030 g/mol. The molecule has 0 radical (unpaired) electrons. The zero-order valence-corrected chi connectivity index (χ0v) is 49.1. The van der Waals surface area contributed by atoms with Gasteiger partial charge in [0.25, 0.3) is 0 Å². The third-order valence-corrected chi connectivity index (χ3v) is 16.1. The Labute approximate surface area is 468 Å². The van der Waals surface area contributed by atoms with Crippen LogP contribution < -0.4 is 15.5 Å². The summed E-state index contributed by atoms with van der Waals surface area (Å²) in [6, 6.07) is 79.5. The van der Waals surface area contributed by atoms with E-state index in [0.29, 0.717) is 0 Å². The highest BCUT2D eigenvalue weighted by atomic mass is 15.1. The molecule has 0 aliphatic heterocycles. The monoisotopic (exact) mass is 1030 g/mol. The second-order valence-electron chi connectivity index (χ2n) is 25.7. The van der Waals surface area contributed by atoms with Crippen LogP contribution in [0.4, 0.5) is 34.1 Å². The zero-order chi connectivity index (χ0) is 55.8. The molecule has 0 heterocycles. The fraction of sp³-hybridized carbons (Fsp3) is 0.280. The van der Waals surface area contributed by atoms with Crippen LogP contribution in [-0.2, 0) is 27.2 Å². The summed E-state index contributed by atoms with van der Waals surface area (Å²) in [4.78, 5) is 4.78. The first-order valence-corrected chi connectivity index (χ1v) is 28.3.